The first kappa shape index (κ1) is 10.6. The molecule has 1 N–H and O–H groups in total. The first-order chi connectivity index (χ1) is 6.63. The number of carbonyl (C=O) groups excluding carboxylic acids is 1. The molecule has 0 aliphatic heterocycles. The summed E-state index contributed by atoms with van der Waals surface area (Å²) in [6.07, 6.45) is 2.72. The van der Waals surface area contributed by atoms with Gasteiger partial charge in [-0.2, -0.15) is 0 Å². The second-order valence-electron chi connectivity index (χ2n) is 2.57. The highest BCUT2D eigenvalue weighted by Crippen LogP contribution is 2.26. The molecule has 0 spiro atoms. The molecular formula is C10H9ClO3. The molecule has 1 aromatic rings. The third-order valence-corrected chi connectivity index (χ3v) is 1.74. The Hall–Kier alpha value is -1.48. The second kappa shape index (κ2) is 4.67. The van der Waals surface area contributed by atoms with Crippen LogP contribution in [0.2, 0.25) is 0 Å². The maximum absolute atomic E-state index is 10.4. The summed E-state index contributed by atoms with van der Waals surface area (Å²) in [5.41, 5.74) is 0.678. The van der Waals surface area contributed by atoms with Gasteiger partial charge in [0.1, 0.15) is 0 Å². The molecule has 0 aliphatic rings. The topological polar surface area (TPSA) is 46.5 Å². The smallest absolute Gasteiger partial charge is 0.245 e. The number of allylic oxidation sites excluding steroid dienone is 1. The standard InChI is InChI=1S/C10H9ClO3/c1-14-9-4-2-7(6-8(9)12)3-5-10(11)13/h2-6,12H,1H3. The molecule has 0 atom stereocenters. The van der Waals surface area contributed by atoms with Gasteiger partial charge in [-0.1, -0.05) is 12.1 Å². The zero-order chi connectivity index (χ0) is 10.6. The summed E-state index contributed by atoms with van der Waals surface area (Å²) in [7, 11) is 1.47. The molecule has 0 heterocycles. The van der Waals surface area contributed by atoms with Gasteiger partial charge < -0.3 is 9.84 Å². The van der Waals surface area contributed by atoms with Crippen molar-refractivity contribution in [2.24, 2.45) is 0 Å². The quantitative estimate of drug-likeness (QED) is 0.617. The van der Waals surface area contributed by atoms with Crippen LogP contribution in [0.4, 0.5) is 0 Å². The van der Waals surface area contributed by atoms with E-state index in [4.69, 9.17) is 16.3 Å². The number of ether oxygens (including phenoxy) is 1. The van der Waals surface area contributed by atoms with Crippen molar-refractivity contribution >= 4 is 22.9 Å². The van der Waals surface area contributed by atoms with Crippen LogP contribution >= 0.6 is 11.6 Å². The molecule has 14 heavy (non-hydrogen) atoms. The van der Waals surface area contributed by atoms with Crippen LogP contribution in [0, 0.1) is 0 Å². The number of carbonyl (C=O) groups is 1. The molecular weight excluding hydrogens is 204 g/mol. The third-order valence-electron chi connectivity index (χ3n) is 1.61. The number of aromatic hydroxyl groups is 1. The van der Waals surface area contributed by atoms with E-state index in [1.54, 1.807) is 12.1 Å². The number of phenolic OH excluding ortho intramolecular Hbond substituents is 1. The van der Waals surface area contributed by atoms with E-state index >= 15 is 0 Å². The van der Waals surface area contributed by atoms with Gasteiger partial charge in [-0.05, 0) is 35.4 Å². The minimum atomic E-state index is -0.555. The summed E-state index contributed by atoms with van der Waals surface area (Å²) in [4.78, 5) is 10.4. The molecule has 0 amide bonds. The van der Waals surface area contributed by atoms with Crippen molar-refractivity contribution in [3.05, 3.63) is 29.8 Å². The van der Waals surface area contributed by atoms with Crippen LogP contribution in [0.3, 0.4) is 0 Å². The minimum absolute atomic E-state index is 0.0247. The Morgan fingerprint density at radius 1 is 1.57 bits per heavy atom. The highest BCUT2D eigenvalue weighted by Gasteiger charge is 2.00. The summed E-state index contributed by atoms with van der Waals surface area (Å²) in [5.74, 6) is 0.413. The Morgan fingerprint density at radius 3 is 2.79 bits per heavy atom. The predicted molar refractivity (Wildman–Crippen MR) is 54.6 cm³/mol. The Balaban J connectivity index is 2.91. The van der Waals surface area contributed by atoms with E-state index < -0.39 is 5.24 Å². The van der Waals surface area contributed by atoms with Crippen LogP contribution in [0.1, 0.15) is 5.56 Å². The fourth-order valence-corrected chi connectivity index (χ4v) is 1.04. The van der Waals surface area contributed by atoms with E-state index in [2.05, 4.69) is 0 Å². The Bertz CT molecular complexity index is 372. The molecule has 0 saturated heterocycles. The number of hydrogen-bond acceptors (Lipinski definition) is 3. The van der Waals surface area contributed by atoms with Gasteiger partial charge in [-0.15, -0.1) is 0 Å². The molecule has 0 fully saturated rings. The van der Waals surface area contributed by atoms with Crippen LogP contribution in [0.25, 0.3) is 6.08 Å². The normalized spacial score (nSPS) is 10.4. The van der Waals surface area contributed by atoms with Gasteiger partial charge in [0.25, 0.3) is 0 Å². The zero-order valence-electron chi connectivity index (χ0n) is 7.53. The molecule has 1 rings (SSSR count). The fourth-order valence-electron chi connectivity index (χ4n) is 0.972. The van der Waals surface area contributed by atoms with Crippen LogP contribution < -0.4 is 4.74 Å². The number of hydrogen-bond donors (Lipinski definition) is 1. The number of methoxy groups -OCH3 is 1. The third kappa shape index (κ3) is 2.78. The number of benzene rings is 1. The Labute approximate surface area is 86.6 Å². The van der Waals surface area contributed by atoms with Crippen molar-refractivity contribution in [1.29, 1.82) is 0 Å². The molecule has 4 heteroatoms. The molecule has 74 valence electrons. The van der Waals surface area contributed by atoms with Crippen LogP contribution in [-0.4, -0.2) is 17.5 Å². The van der Waals surface area contributed by atoms with Crippen LogP contribution in [-0.2, 0) is 4.79 Å². The largest absolute Gasteiger partial charge is 0.504 e. The maximum Gasteiger partial charge on any atom is 0.245 e. The lowest BCUT2D eigenvalue weighted by atomic mass is 10.2. The van der Waals surface area contributed by atoms with Crippen molar-refractivity contribution in [1.82, 2.24) is 0 Å². The monoisotopic (exact) mass is 212 g/mol. The highest BCUT2D eigenvalue weighted by atomic mass is 35.5. The molecule has 0 radical (unpaired) electrons. The summed E-state index contributed by atoms with van der Waals surface area (Å²) in [6, 6.07) is 4.79. The SMILES string of the molecule is COc1ccc(C=CC(=O)Cl)cc1O. The van der Waals surface area contributed by atoms with E-state index in [0.29, 0.717) is 11.3 Å². The highest BCUT2D eigenvalue weighted by molar-refractivity contribution is 6.66. The molecule has 0 saturated carbocycles. The van der Waals surface area contributed by atoms with E-state index in [0.717, 1.165) is 0 Å². The van der Waals surface area contributed by atoms with E-state index in [-0.39, 0.29) is 5.75 Å². The molecule has 0 bridgehead atoms. The number of phenols is 1. The van der Waals surface area contributed by atoms with Crippen molar-refractivity contribution in [2.45, 2.75) is 0 Å². The van der Waals surface area contributed by atoms with Crippen molar-refractivity contribution in [3.8, 4) is 11.5 Å². The first-order valence-electron chi connectivity index (χ1n) is 3.88. The van der Waals surface area contributed by atoms with E-state index in [1.165, 1.54) is 25.3 Å². The predicted octanol–water partition coefficient (Wildman–Crippen LogP) is 2.18. The molecule has 3 nitrogen and oxygen atoms in total. The fraction of sp³-hybridized carbons (Fsp3) is 0.100. The summed E-state index contributed by atoms with van der Waals surface area (Å²) < 4.78 is 4.86. The van der Waals surface area contributed by atoms with Crippen molar-refractivity contribution in [2.75, 3.05) is 7.11 Å². The molecule has 1 aromatic carbocycles. The maximum atomic E-state index is 10.4. The summed E-state index contributed by atoms with van der Waals surface area (Å²) in [6.45, 7) is 0. The van der Waals surface area contributed by atoms with Gasteiger partial charge in [-0.3, -0.25) is 4.79 Å². The van der Waals surface area contributed by atoms with Gasteiger partial charge in [0, 0.05) is 0 Å². The van der Waals surface area contributed by atoms with Crippen LogP contribution in [0.5, 0.6) is 11.5 Å². The Kier molecular flexibility index (Phi) is 3.54. The van der Waals surface area contributed by atoms with E-state index in [1.807, 2.05) is 0 Å². The van der Waals surface area contributed by atoms with Gasteiger partial charge in [0.05, 0.1) is 7.11 Å². The average Bonchev–Trinajstić information content (AvgIpc) is 2.15. The number of rotatable bonds is 3. The Morgan fingerprint density at radius 2 is 2.29 bits per heavy atom. The van der Waals surface area contributed by atoms with E-state index in [9.17, 15) is 9.90 Å². The molecule has 0 aliphatic carbocycles. The first-order valence-corrected chi connectivity index (χ1v) is 4.26. The van der Waals surface area contributed by atoms with Gasteiger partial charge in [-0.25, -0.2) is 0 Å². The second-order valence-corrected chi connectivity index (χ2v) is 2.94. The molecule has 0 aromatic heterocycles. The average molecular weight is 213 g/mol. The lowest BCUT2D eigenvalue weighted by molar-refractivity contribution is -0.107. The van der Waals surface area contributed by atoms with Gasteiger partial charge in [0.2, 0.25) is 5.24 Å². The summed E-state index contributed by atoms with van der Waals surface area (Å²) >= 11 is 5.11. The lowest BCUT2D eigenvalue weighted by Gasteiger charge is -2.02. The van der Waals surface area contributed by atoms with Gasteiger partial charge >= 0.3 is 0 Å². The lowest BCUT2D eigenvalue weighted by Crippen LogP contribution is -1.84. The summed E-state index contributed by atoms with van der Waals surface area (Å²) in [5, 5.41) is 8.82. The number of halogens is 1. The zero-order valence-corrected chi connectivity index (χ0v) is 8.28. The molecule has 0 unspecified atom stereocenters. The van der Waals surface area contributed by atoms with Crippen molar-refractivity contribution < 1.29 is 14.6 Å². The van der Waals surface area contributed by atoms with Gasteiger partial charge in [0.15, 0.2) is 11.5 Å². The van der Waals surface area contributed by atoms with Crippen molar-refractivity contribution in [3.63, 3.8) is 0 Å². The van der Waals surface area contributed by atoms with Crippen LogP contribution in [0.15, 0.2) is 24.3 Å². The minimum Gasteiger partial charge on any atom is -0.504 e.